The van der Waals surface area contributed by atoms with Gasteiger partial charge in [-0.2, -0.15) is 0 Å². The summed E-state index contributed by atoms with van der Waals surface area (Å²) in [6.07, 6.45) is 6.88. The first-order valence-corrected chi connectivity index (χ1v) is 8.86. The summed E-state index contributed by atoms with van der Waals surface area (Å²) in [6.45, 7) is 5.25. The van der Waals surface area contributed by atoms with Crippen molar-refractivity contribution in [2.75, 3.05) is 0 Å². The molecular weight excluding hydrogens is 288 g/mol. The highest BCUT2D eigenvalue weighted by Crippen LogP contribution is 2.27. The third-order valence-corrected chi connectivity index (χ3v) is 5.06. The highest BCUT2D eigenvalue weighted by Gasteiger charge is 2.17. The monoisotopic (exact) mass is 314 g/mol. The number of fused-ring (bicyclic) bond motifs is 1. The average molecular weight is 314 g/mol. The second-order valence-corrected chi connectivity index (χ2v) is 6.85. The smallest absolute Gasteiger partial charge is 0.293 e. The minimum Gasteiger partial charge on any atom is -0.293 e. The van der Waals surface area contributed by atoms with Crippen molar-refractivity contribution < 1.29 is 0 Å². The molecule has 0 saturated heterocycles. The summed E-state index contributed by atoms with van der Waals surface area (Å²) < 4.78 is 3.24. The van der Waals surface area contributed by atoms with Crippen LogP contribution in [0.2, 0.25) is 0 Å². The lowest BCUT2D eigenvalue weighted by atomic mass is 10.0. The minimum absolute atomic E-state index is 0.126. The molecule has 4 nitrogen and oxygen atoms in total. The Kier molecular flexibility index (Phi) is 4.69. The van der Waals surface area contributed by atoms with E-state index in [1.54, 1.807) is 4.57 Å². The normalized spacial score (nSPS) is 15.6. The summed E-state index contributed by atoms with van der Waals surface area (Å²) in [7, 11) is 0. The Labute approximate surface area is 136 Å². The van der Waals surface area contributed by atoms with Gasteiger partial charge in [-0.25, -0.2) is 4.79 Å². The van der Waals surface area contributed by atoms with Crippen molar-refractivity contribution in [3.8, 4) is 0 Å². The van der Waals surface area contributed by atoms with E-state index in [4.69, 9.17) is 0 Å². The van der Waals surface area contributed by atoms with Gasteiger partial charge >= 0.3 is 5.69 Å². The van der Waals surface area contributed by atoms with Gasteiger partial charge in [-0.1, -0.05) is 44.2 Å². The molecular formula is C19H26N2O2. The molecule has 1 heterocycles. The van der Waals surface area contributed by atoms with Gasteiger partial charge in [-0.3, -0.25) is 13.9 Å². The van der Waals surface area contributed by atoms with Gasteiger partial charge in [0.1, 0.15) is 0 Å². The van der Waals surface area contributed by atoms with Crippen molar-refractivity contribution in [2.45, 2.75) is 65.5 Å². The van der Waals surface area contributed by atoms with E-state index in [0.29, 0.717) is 24.4 Å². The number of hydrogen-bond acceptors (Lipinski definition) is 2. The van der Waals surface area contributed by atoms with Crippen molar-refractivity contribution in [3.05, 3.63) is 44.6 Å². The summed E-state index contributed by atoms with van der Waals surface area (Å²) in [6, 6.07) is 5.79. The van der Waals surface area contributed by atoms with Gasteiger partial charge in [-0.05, 0) is 37.8 Å². The van der Waals surface area contributed by atoms with E-state index < -0.39 is 0 Å². The highest BCUT2D eigenvalue weighted by molar-refractivity contribution is 5.78. The summed E-state index contributed by atoms with van der Waals surface area (Å²) in [5, 5.41) is 0.671. The average Bonchev–Trinajstić information content (AvgIpc) is 3.05. The molecule has 1 aliphatic carbocycles. The van der Waals surface area contributed by atoms with Crippen LogP contribution in [0.25, 0.3) is 10.9 Å². The summed E-state index contributed by atoms with van der Waals surface area (Å²) in [5.74, 6) is 0.675. The van der Waals surface area contributed by atoms with Crippen molar-refractivity contribution in [2.24, 2.45) is 5.92 Å². The van der Waals surface area contributed by atoms with Crippen LogP contribution in [-0.2, 0) is 13.1 Å². The lowest BCUT2D eigenvalue weighted by Crippen LogP contribution is -2.40. The quantitative estimate of drug-likeness (QED) is 0.848. The number of hydrogen-bond donors (Lipinski definition) is 0. The summed E-state index contributed by atoms with van der Waals surface area (Å²) in [5.41, 5.74) is 1.55. The molecule has 1 aliphatic rings. The molecule has 0 aliphatic heterocycles. The maximum absolute atomic E-state index is 12.8. The fourth-order valence-electron chi connectivity index (χ4n) is 3.79. The Morgan fingerprint density at radius 2 is 1.83 bits per heavy atom. The van der Waals surface area contributed by atoms with Gasteiger partial charge in [-0.15, -0.1) is 0 Å². The molecule has 0 amide bonds. The molecule has 0 N–H and O–H groups in total. The Hall–Kier alpha value is -1.84. The Bertz CT molecular complexity index is 810. The largest absolute Gasteiger partial charge is 0.331 e. The van der Waals surface area contributed by atoms with E-state index in [-0.39, 0.29) is 11.2 Å². The molecule has 0 spiro atoms. The zero-order chi connectivity index (χ0) is 16.4. The lowest BCUT2D eigenvalue weighted by molar-refractivity contribution is 0.438. The zero-order valence-electron chi connectivity index (χ0n) is 14.2. The predicted molar refractivity (Wildman–Crippen MR) is 94.1 cm³/mol. The molecule has 0 unspecified atom stereocenters. The van der Waals surface area contributed by atoms with Crippen LogP contribution in [0.3, 0.4) is 0 Å². The van der Waals surface area contributed by atoms with Crippen molar-refractivity contribution in [3.63, 3.8) is 0 Å². The number of nitrogens with zero attached hydrogens (tertiary/aromatic N) is 2. The molecule has 124 valence electrons. The third kappa shape index (κ3) is 3.12. The van der Waals surface area contributed by atoms with Gasteiger partial charge in [0.2, 0.25) is 0 Å². The molecule has 0 radical (unpaired) electrons. The Balaban J connectivity index is 2.08. The summed E-state index contributed by atoms with van der Waals surface area (Å²) >= 11 is 0. The van der Waals surface area contributed by atoms with Gasteiger partial charge in [0.05, 0.1) is 10.9 Å². The molecule has 2 aromatic rings. The number of rotatable bonds is 5. The second kappa shape index (κ2) is 6.73. The van der Waals surface area contributed by atoms with Crippen molar-refractivity contribution in [1.82, 2.24) is 9.13 Å². The number of benzene rings is 1. The fraction of sp³-hybridized carbons (Fsp3) is 0.579. The molecule has 1 aromatic heterocycles. The van der Waals surface area contributed by atoms with Crippen LogP contribution in [0.5, 0.6) is 0 Å². The first-order valence-electron chi connectivity index (χ1n) is 8.86. The fourth-order valence-corrected chi connectivity index (χ4v) is 3.79. The molecule has 0 bridgehead atoms. The van der Waals surface area contributed by atoms with Crippen LogP contribution in [-0.4, -0.2) is 9.13 Å². The van der Waals surface area contributed by atoms with Gasteiger partial charge in [0, 0.05) is 13.1 Å². The molecule has 3 rings (SSSR count). The van der Waals surface area contributed by atoms with E-state index in [1.807, 2.05) is 25.1 Å². The number of aromatic nitrogens is 2. The van der Waals surface area contributed by atoms with Crippen LogP contribution in [0, 0.1) is 12.8 Å². The van der Waals surface area contributed by atoms with E-state index in [0.717, 1.165) is 23.9 Å². The highest BCUT2D eigenvalue weighted by atomic mass is 16.2. The Morgan fingerprint density at radius 1 is 1.09 bits per heavy atom. The number of aryl methyl sites for hydroxylation is 2. The van der Waals surface area contributed by atoms with Crippen LogP contribution in [0.1, 0.15) is 51.0 Å². The summed E-state index contributed by atoms with van der Waals surface area (Å²) in [4.78, 5) is 25.6. The maximum Gasteiger partial charge on any atom is 0.331 e. The van der Waals surface area contributed by atoms with E-state index >= 15 is 0 Å². The zero-order valence-corrected chi connectivity index (χ0v) is 14.2. The molecule has 1 aromatic carbocycles. The molecule has 1 saturated carbocycles. The van der Waals surface area contributed by atoms with Crippen LogP contribution in [0.15, 0.2) is 27.8 Å². The maximum atomic E-state index is 12.8. The minimum atomic E-state index is -0.147. The van der Waals surface area contributed by atoms with Gasteiger partial charge in [0.15, 0.2) is 0 Å². The Morgan fingerprint density at radius 3 is 2.52 bits per heavy atom. The molecule has 1 fully saturated rings. The van der Waals surface area contributed by atoms with E-state index in [1.165, 1.54) is 30.3 Å². The molecule has 4 heteroatoms. The van der Waals surface area contributed by atoms with Crippen LogP contribution in [0.4, 0.5) is 0 Å². The van der Waals surface area contributed by atoms with Crippen LogP contribution >= 0.6 is 0 Å². The van der Waals surface area contributed by atoms with Crippen molar-refractivity contribution >= 4 is 10.9 Å². The van der Waals surface area contributed by atoms with Gasteiger partial charge in [0.25, 0.3) is 5.56 Å². The first-order chi connectivity index (χ1) is 11.1. The standard InChI is InChI=1S/C19H26N2O2/c1-3-11-20-17-9-8-14(2)13-16(17)18(22)21(19(20)23)12-10-15-6-4-5-7-15/h8-9,13,15H,3-7,10-12H2,1-2H3. The van der Waals surface area contributed by atoms with Gasteiger partial charge < -0.3 is 0 Å². The SMILES string of the molecule is CCCn1c(=O)n(CCC2CCCC2)c(=O)c2cc(C)ccc21. The molecule has 23 heavy (non-hydrogen) atoms. The van der Waals surface area contributed by atoms with Crippen LogP contribution < -0.4 is 11.2 Å². The molecule has 0 atom stereocenters. The van der Waals surface area contributed by atoms with E-state index in [2.05, 4.69) is 6.92 Å². The topological polar surface area (TPSA) is 44.0 Å². The van der Waals surface area contributed by atoms with Crippen molar-refractivity contribution in [1.29, 1.82) is 0 Å². The first kappa shape index (κ1) is 16.0. The second-order valence-electron chi connectivity index (χ2n) is 6.85. The van der Waals surface area contributed by atoms with E-state index in [9.17, 15) is 9.59 Å². The predicted octanol–water partition coefficient (Wildman–Crippen LogP) is 3.46. The third-order valence-electron chi connectivity index (χ3n) is 5.06. The lowest BCUT2D eigenvalue weighted by Gasteiger charge is -2.15.